The number of sulfone groups is 2. The fourth-order valence-corrected chi connectivity index (χ4v) is 7.49. The zero-order chi connectivity index (χ0) is 14.3. The van der Waals surface area contributed by atoms with E-state index < -0.39 is 37.2 Å². The molecule has 0 aromatic rings. The Balaban J connectivity index is 2.26. The summed E-state index contributed by atoms with van der Waals surface area (Å²) in [6, 6.07) is -0.586. The summed E-state index contributed by atoms with van der Waals surface area (Å²) in [6.45, 7) is 2.10. The molecule has 3 unspecified atom stereocenters. The molecule has 0 aliphatic carbocycles. The topological polar surface area (TPSA) is 91.8 Å². The largest absolute Gasteiger partial charge is 0.390 e. The van der Waals surface area contributed by atoms with Gasteiger partial charge in [-0.2, -0.15) is 11.8 Å². The first kappa shape index (κ1) is 15.6. The standard InChI is InChI=1S/C10H19NO5S3/c1-2-19(15,16)10-5-17-4-3-11(10)8-6-18(13,14)7-9(8)12/h8-10,12H,2-7H2,1H3. The van der Waals surface area contributed by atoms with E-state index in [2.05, 4.69) is 0 Å². The Hall–Kier alpha value is 0.170. The average Bonchev–Trinajstić information content (AvgIpc) is 2.63. The summed E-state index contributed by atoms with van der Waals surface area (Å²) in [6.07, 6.45) is -0.984. The third-order valence-electron chi connectivity index (χ3n) is 3.66. The van der Waals surface area contributed by atoms with E-state index in [1.807, 2.05) is 0 Å². The van der Waals surface area contributed by atoms with E-state index in [9.17, 15) is 21.9 Å². The summed E-state index contributed by atoms with van der Waals surface area (Å²) >= 11 is 1.56. The summed E-state index contributed by atoms with van der Waals surface area (Å²) in [7, 11) is -6.53. The molecule has 2 fully saturated rings. The lowest BCUT2D eigenvalue weighted by atomic mass is 10.2. The highest BCUT2D eigenvalue weighted by molar-refractivity contribution is 8.01. The third-order valence-corrected chi connectivity index (χ3v) is 8.66. The zero-order valence-corrected chi connectivity index (χ0v) is 13.2. The minimum absolute atomic E-state index is 0.0320. The number of aliphatic hydroxyl groups is 1. The summed E-state index contributed by atoms with van der Waals surface area (Å²) in [5, 5.41) is 9.23. The molecule has 2 saturated heterocycles. The zero-order valence-electron chi connectivity index (χ0n) is 10.7. The van der Waals surface area contributed by atoms with Crippen LogP contribution >= 0.6 is 11.8 Å². The van der Waals surface area contributed by atoms with Gasteiger partial charge in [0.1, 0.15) is 5.37 Å². The molecule has 1 N–H and O–H groups in total. The molecular formula is C10H19NO5S3. The van der Waals surface area contributed by atoms with Crippen molar-refractivity contribution in [3.63, 3.8) is 0 Å². The summed E-state index contributed by atoms with van der Waals surface area (Å²) in [4.78, 5) is 1.69. The fraction of sp³-hybridized carbons (Fsp3) is 1.00. The summed E-state index contributed by atoms with van der Waals surface area (Å²) in [5.41, 5.74) is 0. The molecule has 9 heteroatoms. The number of aliphatic hydroxyl groups excluding tert-OH is 1. The molecule has 0 spiro atoms. The van der Waals surface area contributed by atoms with Gasteiger partial charge in [-0.25, -0.2) is 16.8 Å². The Morgan fingerprint density at radius 2 is 2.05 bits per heavy atom. The Labute approximate surface area is 118 Å². The van der Waals surface area contributed by atoms with E-state index in [0.717, 1.165) is 5.75 Å². The van der Waals surface area contributed by atoms with Crippen LogP contribution in [-0.4, -0.2) is 79.7 Å². The van der Waals surface area contributed by atoms with Gasteiger partial charge in [-0.05, 0) is 0 Å². The monoisotopic (exact) mass is 329 g/mol. The van der Waals surface area contributed by atoms with Gasteiger partial charge in [-0.15, -0.1) is 0 Å². The predicted molar refractivity (Wildman–Crippen MR) is 75.7 cm³/mol. The Morgan fingerprint density at radius 3 is 2.58 bits per heavy atom. The van der Waals surface area contributed by atoms with Crippen molar-refractivity contribution in [3.8, 4) is 0 Å². The van der Waals surface area contributed by atoms with Crippen molar-refractivity contribution < 1.29 is 21.9 Å². The van der Waals surface area contributed by atoms with Crippen molar-refractivity contribution in [2.45, 2.75) is 24.4 Å². The van der Waals surface area contributed by atoms with Crippen LogP contribution in [0.4, 0.5) is 0 Å². The van der Waals surface area contributed by atoms with Gasteiger partial charge in [0.05, 0.1) is 23.7 Å². The SMILES string of the molecule is CCS(=O)(=O)C1CSCCN1C1CS(=O)(=O)CC1O. The van der Waals surface area contributed by atoms with Crippen LogP contribution in [0.15, 0.2) is 0 Å². The number of nitrogens with zero attached hydrogens (tertiary/aromatic N) is 1. The second-order valence-electron chi connectivity index (χ2n) is 4.93. The van der Waals surface area contributed by atoms with Crippen molar-refractivity contribution in [3.05, 3.63) is 0 Å². The van der Waals surface area contributed by atoms with Crippen LogP contribution in [0.1, 0.15) is 6.92 Å². The van der Waals surface area contributed by atoms with Crippen LogP contribution in [0, 0.1) is 0 Å². The maximum absolute atomic E-state index is 12.1. The smallest absolute Gasteiger partial charge is 0.166 e. The maximum atomic E-state index is 12.1. The highest BCUT2D eigenvalue weighted by atomic mass is 32.2. The van der Waals surface area contributed by atoms with Gasteiger partial charge >= 0.3 is 0 Å². The molecule has 2 rings (SSSR count). The molecule has 0 bridgehead atoms. The second kappa shape index (κ2) is 5.51. The van der Waals surface area contributed by atoms with Gasteiger partial charge in [-0.1, -0.05) is 6.92 Å². The fourth-order valence-electron chi connectivity index (χ4n) is 2.60. The molecule has 3 atom stereocenters. The number of rotatable bonds is 3. The number of thioether (sulfide) groups is 1. The van der Waals surface area contributed by atoms with E-state index in [-0.39, 0.29) is 17.3 Å². The first-order valence-corrected chi connectivity index (χ1v) is 10.9. The Bertz CT molecular complexity index is 529. The molecule has 2 heterocycles. The molecule has 0 aromatic carbocycles. The van der Waals surface area contributed by atoms with E-state index in [0.29, 0.717) is 12.3 Å². The summed E-state index contributed by atoms with van der Waals surface area (Å²) < 4.78 is 47.4. The van der Waals surface area contributed by atoms with Gasteiger partial charge < -0.3 is 5.11 Å². The number of hydrogen-bond donors (Lipinski definition) is 1. The highest BCUT2D eigenvalue weighted by Gasteiger charge is 2.45. The summed E-state index contributed by atoms with van der Waals surface area (Å²) in [5.74, 6) is 0.831. The molecule has 0 radical (unpaired) electrons. The number of hydrogen-bond acceptors (Lipinski definition) is 7. The van der Waals surface area contributed by atoms with Crippen molar-refractivity contribution >= 4 is 31.4 Å². The first-order chi connectivity index (χ1) is 8.77. The van der Waals surface area contributed by atoms with Crippen LogP contribution in [0.5, 0.6) is 0 Å². The lowest BCUT2D eigenvalue weighted by molar-refractivity contribution is 0.0806. The van der Waals surface area contributed by atoms with Crippen molar-refractivity contribution in [2.75, 3.05) is 35.3 Å². The molecule has 0 amide bonds. The molecule has 112 valence electrons. The minimum atomic E-state index is -3.27. The third kappa shape index (κ3) is 3.26. The molecule has 6 nitrogen and oxygen atoms in total. The lowest BCUT2D eigenvalue weighted by Gasteiger charge is -2.39. The van der Waals surface area contributed by atoms with E-state index in [4.69, 9.17) is 0 Å². The quantitative estimate of drug-likeness (QED) is 0.706. The van der Waals surface area contributed by atoms with E-state index >= 15 is 0 Å². The average molecular weight is 329 g/mol. The van der Waals surface area contributed by atoms with Crippen molar-refractivity contribution in [1.82, 2.24) is 4.90 Å². The van der Waals surface area contributed by atoms with E-state index in [1.165, 1.54) is 0 Å². The van der Waals surface area contributed by atoms with Crippen molar-refractivity contribution in [1.29, 1.82) is 0 Å². The molecule has 2 aliphatic rings. The van der Waals surface area contributed by atoms with Gasteiger partial charge in [-0.3, -0.25) is 4.90 Å². The maximum Gasteiger partial charge on any atom is 0.166 e. The van der Waals surface area contributed by atoms with Crippen LogP contribution < -0.4 is 0 Å². The predicted octanol–water partition coefficient (Wildman–Crippen LogP) is -1.05. The highest BCUT2D eigenvalue weighted by Crippen LogP contribution is 2.28. The van der Waals surface area contributed by atoms with Gasteiger partial charge in [0.2, 0.25) is 0 Å². The van der Waals surface area contributed by atoms with Gasteiger partial charge in [0, 0.05) is 23.8 Å². The normalized spacial score (nSPS) is 36.4. The molecular weight excluding hydrogens is 310 g/mol. The van der Waals surface area contributed by atoms with Crippen LogP contribution in [0.25, 0.3) is 0 Å². The van der Waals surface area contributed by atoms with Crippen LogP contribution in [-0.2, 0) is 19.7 Å². The Morgan fingerprint density at radius 1 is 1.37 bits per heavy atom. The van der Waals surface area contributed by atoms with Gasteiger partial charge in [0.15, 0.2) is 19.7 Å². The second-order valence-corrected chi connectivity index (χ2v) is 10.7. The molecule has 0 aromatic heterocycles. The molecule has 2 aliphatic heterocycles. The van der Waals surface area contributed by atoms with Gasteiger partial charge in [0.25, 0.3) is 0 Å². The van der Waals surface area contributed by atoms with Crippen LogP contribution in [0.2, 0.25) is 0 Å². The minimum Gasteiger partial charge on any atom is -0.390 e. The lowest BCUT2D eigenvalue weighted by Crippen LogP contribution is -2.55. The Kier molecular flexibility index (Phi) is 4.51. The molecule has 0 saturated carbocycles. The van der Waals surface area contributed by atoms with Crippen molar-refractivity contribution in [2.24, 2.45) is 0 Å². The van der Waals surface area contributed by atoms with Crippen LogP contribution in [0.3, 0.4) is 0 Å². The first-order valence-electron chi connectivity index (χ1n) is 6.20. The molecule has 19 heavy (non-hydrogen) atoms. The van der Waals surface area contributed by atoms with E-state index in [1.54, 1.807) is 23.6 Å².